The van der Waals surface area contributed by atoms with E-state index in [9.17, 15) is 19.0 Å². The number of allylic oxidation sites excluding steroid dienone is 13. The van der Waals surface area contributed by atoms with E-state index in [1.807, 2.05) is 39.4 Å². The zero-order chi connectivity index (χ0) is 55.0. The Hall–Kier alpha value is -2.81. The Labute approximate surface area is 463 Å². The largest absolute Gasteiger partial charge is 0.756 e. The minimum atomic E-state index is -4.72. The van der Waals surface area contributed by atoms with Gasteiger partial charge in [-0.15, -0.1) is 0 Å². The third-order valence-corrected chi connectivity index (χ3v) is 14.3. The summed E-state index contributed by atoms with van der Waals surface area (Å²) >= 11 is 0. The van der Waals surface area contributed by atoms with Gasteiger partial charge in [-0.1, -0.05) is 241 Å². The van der Waals surface area contributed by atoms with Crippen molar-refractivity contribution in [1.82, 2.24) is 5.32 Å². The van der Waals surface area contributed by atoms with Gasteiger partial charge in [0.15, 0.2) is 0 Å². The fraction of sp³-hybridized carbons (Fsp3) is 0.754. The second-order valence-electron chi connectivity index (χ2n) is 21.8. The summed E-state index contributed by atoms with van der Waals surface area (Å²) in [6.45, 7) is 6.75. The van der Waals surface area contributed by atoms with Gasteiger partial charge in [-0.25, -0.2) is 0 Å². The fourth-order valence-corrected chi connectivity index (χ4v) is 9.22. The van der Waals surface area contributed by atoms with Crippen molar-refractivity contribution in [2.45, 2.75) is 277 Å². The first-order valence-electron chi connectivity index (χ1n) is 30.9. The van der Waals surface area contributed by atoms with Crippen LogP contribution in [0.2, 0.25) is 0 Å². The van der Waals surface area contributed by atoms with Crippen LogP contribution < -0.4 is 10.2 Å². The van der Waals surface area contributed by atoms with E-state index in [4.69, 9.17) is 13.8 Å². The van der Waals surface area contributed by atoms with Crippen molar-refractivity contribution in [1.29, 1.82) is 0 Å². The number of likely N-dealkylation sites (N-methyl/N-ethyl adjacent to an activating group) is 1. The average molecular weight is 1070 g/mol. The molecule has 9 nitrogen and oxygen atoms in total. The maximum absolute atomic E-state index is 13.5. The second kappa shape index (κ2) is 54.5. The summed E-state index contributed by atoms with van der Waals surface area (Å²) in [6.07, 6.45) is 71.4. The van der Waals surface area contributed by atoms with Crippen LogP contribution in [0.5, 0.6) is 0 Å². The molecule has 1 amide bonds. The van der Waals surface area contributed by atoms with Gasteiger partial charge < -0.3 is 28.5 Å². The van der Waals surface area contributed by atoms with Gasteiger partial charge in [0.2, 0.25) is 5.91 Å². The Kier molecular flexibility index (Phi) is 52.5. The maximum Gasteiger partial charge on any atom is 0.306 e. The molecule has 1 N–H and O–H groups in total. The number of ether oxygens (including phenoxy) is 1. The van der Waals surface area contributed by atoms with Crippen molar-refractivity contribution >= 4 is 19.7 Å². The Morgan fingerprint density at radius 2 is 0.827 bits per heavy atom. The first kappa shape index (κ1) is 72.2. The number of carbonyl (C=O) groups excluding carboxylic acids is 2. The molecule has 0 heterocycles. The molecule has 0 aliphatic heterocycles. The minimum absolute atomic E-state index is 0.0364. The highest BCUT2D eigenvalue weighted by molar-refractivity contribution is 7.45. The average Bonchev–Trinajstić information content (AvgIpc) is 3.37. The molecule has 0 aromatic rings. The number of phosphoric acid groups is 1. The third kappa shape index (κ3) is 55.7. The number of phosphoric ester groups is 1. The maximum atomic E-state index is 13.5. The zero-order valence-corrected chi connectivity index (χ0v) is 50.4. The normalized spacial score (nSPS) is 14.3. The van der Waals surface area contributed by atoms with Gasteiger partial charge in [-0.05, 0) is 96.0 Å². The highest BCUT2D eigenvalue weighted by atomic mass is 31.2. The number of nitrogens with one attached hydrogen (secondary N) is 1. The lowest BCUT2D eigenvalue weighted by Gasteiger charge is -2.30. The van der Waals surface area contributed by atoms with Crippen molar-refractivity contribution in [3.05, 3.63) is 85.1 Å². The lowest BCUT2D eigenvalue weighted by Crippen LogP contribution is -2.47. The van der Waals surface area contributed by atoms with E-state index in [2.05, 4.69) is 92.9 Å². The van der Waals surface area contributed by atoms with Crippen molar-refractivity contribution in [3.8, 4) is 0 Å². The Morgan fingerprint density at radius 1 is 0.467 bits per heavy atom. The number of carbonyl (C=O) groups is 2. The molecule has 10 heteroatoms. The predicted octanol–water partition coefficient (Wildman–Crippen LogP) is 18.4. The molecule has 3 atom stereocenters. The lowest BCUT2D eigenvalue weighted by atomic mass is 10.0. The molecule has 0 aliphatic carbocycles. The zero-order valence-electron chi connectivity index (χ0n) is 49.5. The number of hydrogen-bond donors (Lipinski definition) is 1. The molecular formula is C65H117N2O7P. The van der Waals surface area contributed by atoms with Crippen LogP contribution >= 0.6 is 7.82 Å². The van der Waals surface area contributed by atoms with Gasteiger partial charge in [-0.3, -0.25) is 14.2 Å². The summed E-state index contributed by atoms with van der Waals surface area (Å²) in [5, 5.41) is 2.98. The molecule has 0 fully saturated rings. The number of amides is 1. The molecule has 0 rings (SSSR count). The third-order valence-electron chi connectivity index (χ3n) is 13.3. The highest BCUT2D eigenvalue weighted by Gasteiger charge is 2.27. The summed E-state index contributed by atoms with van der Waals surface area (Å²) in [5.74, 6) is -0.632. The smallest absolute Gasteiger partial charge is 0.306 e. The summed E-state index contributed by atoms with van der Waals surface area (Å²) in [4.78, 5) is 39.9. The molecule has 0 radical (unpaired) electrons. The Morgan fingerprint density at radius 3 is 1.27 bits per heavy atom. The van der Waals surface area contributed by atoms with Crippen molar-refractivity contribution < 1.29 is 37.3 Å². The van der Waals surface area contributed by atoms with Gasteiger partial charge in [0, 0.05) is 12.8 Å². The van der Waals surface area contributed by atoms with E-state index >= 15 is 0 Å². The summed E-state index contributed by atoms with van der Waals surface area (Å²) in [5.41, 5.74) is 0. The summed E-state index contributed by atoms with van der Waals surface area (Å²) in [7, 11) is 1.14. The van der Waals surface area contributed by atoms with E-state index in [1.54, 1.807) is 0 Å². The van der Waals surface area contributed by atoms with E-state index in [0.717, 1.165) is 77.0 Å². The van der Waals surface area contributed by atoms with Gasteiger partial charge in [-0.2, -0.15) is 0 Å². The number of quaternary nitrogens is 1. The van der Waals surface area contributed by atoms with E-state index < -0.39 is 26.6 Å². The van der Waals surface area contributed by atoms with Gasteiger partial charge in [0.1, 0.15) is 19.3 Å². The standard InChI is InChI=1S/C65H117N2O7P/c1-7-10-13-16-19-22-25-28-29-30-31-32-33-34-35-36-37-40-43-46-49-52-55-58-65(69)74-63(56-53-50-47-44-41-38-26-23-20-17-14-11-8-2)62(61-73-75(70,71)72-60-59-67(4,5)6)66-64(68)57-54-51-48-45-42-39-27-24-21-18-15-12-9-3/h19,22,28-29,31-32,34-35,39,42,48,51,53,56,62-63H,7-18,20-21,23-27,30,33,36-38,40-41,43-47,49-50,52,54-55,57-61H2,1-6H3,(H-,66,68,70,71)/b22-19-,29-28-,32-31-,35-34-,42-39-,51-48+,56-53-. The van der Waals surface area contributed by atoms with E-state index in [1.165, 1.54) is 141 Å². The summed E-state index contributed by atoms with van der Waals surface area (Å²) < 4.78 is 30.2. The van der Waals surface area contributed by atoms with Crippen LogP contribution in [0.3, 0.4) is 0 Å². The molecule has 0 saturated carbocycles. The predicted molar refractivity (Wildman–Crippen MR) is 321 cm³/mol. The highest BCUT2D eigenvalue weighted by Crippen LogP contribution is 2.38. The molecule has 434 valence electrons. The van der Waals surface area contributed by atoms with Gasteiger partial charge in [0.25, 0.3) is 7.82 Å². The topological polar surface area (TPSA) is 114 Å². The Balaban J connectivity index is 5.31. The molecule has 75 heavy (non-hydrogen) atoms. The molecule has 0 aliphatic rings. The first-order chi connectivity index (χ1) is 36.4. The molecule has 0 aromatic carbocycles. The quantitative estimate of drug-likeness (QED) is 0.0212. The van der Waals surface area contributed by atoms with Crippen LogP contribution in [-0.4, -0.2) is 69.4 Å². The molecular weight excluding hydrogens is 952 g/mol. The van der Waals surface area contributed by atoms with Gasteiger partial charge in [0.05, 0.1) is 33.8 Å². The molecule has 0 saturated heterocycles. The summed E-state index contributed by atoms with van der Waals surface area (Å²) in [6, 6.07) is -0.927. The molecule has 0 spiro atoms. The second-order valence-corrected chi connectivity index (χ2v) is 23.3. The Bertz CT molecular complexity index is 1560. The van der Waals surface area contributed by atoms with Crippen LogP contribution in [0.15, 0.2) is 85.1 Å². The molecule has 3 unspecified atom stereocenters. The number of nitrogens with zero attached hydrogens (tertiary/aromatic N) is 1. The lowest BCUT2D eigenvalue weighted by molar-refractivity contribution is -0.870. The minimum Gasteiger partial charge on any atom is -0.756 e. The van der Waals surface area contributed by atoms with Crippen LogP contribution in [0.4, 0.5) is 0 Å². The number of unbranched alkanes of at least 4 members (excludes halogenated alkanes) is 27. The van der Waals surface area contributed by atoms with E-state index in [-0.39, 0.29) is 31.3 Å². The fourth-order valence-electron chi connectivity index (χ4n) is 8.50. The number of rotatable bonds is 55. The SMILES string of the molecule is CCCCC/C=C\C/C=C\C/C=C\C/C=C\CCCCCCCCCC(=O)OC(/C=C\CCCCCCCCCCCCC)C(COP(=O)([O-])OCC[N+](C)(C)C)NC(=O)CC/C=C/C/C=C\CCCCCCCC. The number of esters is 1. The molecule has 0 bridgehead atoms. The first-order valence-corrected chi connectivity index (χ1v) is 32.4. The van der Waals surface area contributed by atoms with Crippen LogP contribution in [0.25, 0.3) is 0 Å². The number of hydrogen-bond acceptors (Lipinski definition) is 7. The van der Waals surface area contributed by atoms with Crippen LogP contribution in [0.1, 0.15) is 265 Å². The van der Waals surface area contributed by atoms with Crippen molar-refractivity contribution in [2.24, 2.45) is 0 Å². The van der Waals surface area contributed by atoms with Crippen molar-refractivity contribution in [3.63, 3.8) is 0 Å². The monoisotopic (exact) mass is 1070 g/mol. The van der Waals surface area contributed by atoms with Crippen molar-refractivity contribution in [2.75, 3.05) is 40.9 Å². The van der Waals surface area contributed by atoms with E-state index in [0.29, 0.717) is 23.9 Å². The van der Waals surface area contributed by atoms with Crippen LogP contribution in [0, 0.1) is 0 Å². The van der Waals surface area contributed by atoms with Crippen LogP contribution in [-0.2, 0) is 27.9 Å². The van der Waals surface area contributed by atoms with Gasteiger partial charge >= 0.3 is 5.97 Å². The molecule has 0 aromatic heterocycles.